The molecule has 1 aliphatic heterocycles. The van der Waals surface area contributed by atoms with E-state index in [0.717, 1.165) is 12.1 Å². The number of amides is 1. The zero-order valence-corrected chi connectivity index (χ0v) is 21.3. The molecule has 5 rings (SSSR count). The van der Waals surface area contributed by atoms with Crippen LogP contribution in [-0.2, 0) is 17.5 Å². The lowest BCUT2D eigenvalue weighted by atomic mass is 10.1. The maximum atomic E-state index is 14.1. The van der Waals surface area contributed by atoms with E-state index in [9.17, 15) is 26.7 Å². The zero-order valence-electron chi connectivity index (χ0n) is 20.5. The summed E-state index contributed by atoms with van der Waals surface area (Å²) in [6.45, 7) is 2.63. The number of nitrogen functional groups attached to an aromatic ring is 1. The van der Waals surface area contributed by atoms with Crippen molar-refractivity contribution in [3.05, 3.63) is 75.8 Å². The summed E-state index contributed by atoms with van der Waals surface area (Å²) >= 11 is 6.20. The van der Waals surface area contributed by atoms with Gasteiger partial charge in [-0.05, 0) is 42.0 Å². The molecular weight excluding hydrogens is 561 g/mol. The Morgan fingerprint density at radius 3 is 2.60 bits per heavy atom. The molecule has 0 aliphatic carbocycles. The first-order valence-electron chi connectivity index (χ1n) is 11.9. The van der Waals surface area contributed by atoms with Crippen molar-refractivity contribution in [2.24, 2.45) is 0 Å². The smallest absolute Gasteiger partial charge is 0.416 e. The molecule has 1 amide bonds. The van der Waals surface area contributed by atoms with E-state index < -0.39 is 34.8 Å². The molecule has 14 heteroatoms. The number of rotatable bonds is 6. The molecular formula is C26H21ClF5N5O3. The molecule has 4 aromatic rings. The van der Waals surface area contributed by atoms with E-state index in [4.69, 9.17) is 26.8 Å². The number of hydrogen-bond donors (Lipinski definition) is 3. The van der Waals surface area contributed by atoms with Crippen molar-refractivity contribution in [1.29, 1.82) is 0 Å². The number of aromatic amines is 1. The molecule has 2 heterocycles. The summed E-state index contributed by atoms with van der Waals surface area (Å²) in [6.07, 6.45) is -4.88. The number of ether oxygens (including phenoxy) is 2. The lowest BCUT2D eigenvalue weighted by Gasteiger charge is -2.27. The molecule has 1 aliphatic rings. The number of morpholine rings is 1. The third-order valence-electron chi connectivity index (χ3n) is 6.24. The largest absolute Gasteiger partial charge is 0.453 e. The van der Waals surface area contributed by atoms with Crippen molar-refractivity contribution in [2.75, 3.05) is 37.4 Å². The number of nitrogens with one attached hydrogen (secondary N) is 2. The average molecular weight is 582 g/mol. The Balaban J connectivity index is 1.62. The topological polar surface area (TPSA) is 106 Å². The lowest BCUT2D eigenvalue weighted by molar-refractivity contribution is -0.137. The number of halogens is 6. The Hall–Kier alpha value is -3.94. The number of H-pyrrole nitrogens is 1. The van der Waals surface area contributed by atoms with E-state index in [-0.39, 0.29) is 39.5 Å². The fraction of sp³-hybridized carbons (Fsp3) is 0.231. The number of alkyl halides is 3. The lowest BCUT2D eigenvalue weighted by Crippen LogP contribution is -2.35. The van der Waals surface area contributed by atoms with Crippen LogP contribution in [0.4, 0.5) is 33.5 Å². The van der Waals surface area contributed by atoms with E-state index in [1.54, 1.807) is 0 Å². The fourth-order valence-corrected chi connectivity index (χ4v) is 4.49. The number of nitrogens with zero attached hydrogens (tertiary/aromatic N) is 2. The zero-order chi connectivity index (χ0) is 28.6. The quantitative estimate of drug-likeness (QED) is 0.242. The Morgan fingerprint density at radius 1 is 1.12 bits per heavy atom. The van der Waals surface area contributed by atoms with Gasteiger partial charge in [0.05, 0.1) is 40.4 Å². The molecule has 0 atom stereocenters. The summed E-state index contributed by atoms with van der Waals surface area (Å²) < 4.78 is 79.2. The Kier molecular flexibility index (Phi) is 7.53. The maximum absolute atomic E-state index is 14.1. The SMILES string of the molecule is Nc1n[nH]c2c(CN3CCOCC3)cc(NC(=O)c3cc(F)cc(C(F)(F)F)c3)c(Oc3cc(F)ccc3Cl)c12. The van der Waals surface area contributed by atoms with Gasteiger partial charge in [0, 0.05) is 31.3 Å². The van der Waals surface area contributed by atoms with Crippen LogP contribution in [0.15, 0.2) is 42.5 Å². The van der Waals surface area contributed by atoms with Gasteiger partial charge < -0.3 is 20.5 Å². The van der Waals surface area contributed by atoms with Gasteiger partial charge in [-0.1, -0.05) is 11.6 Å². The highest BCUT2D eigenvalue weighted by molar-refractivity contribution is 6.32. The van der Waals surface area contributed by atoms with Crippen LogP contribution in [0, 0.1) is 11.6 Å². The minimum atomic E-state index is -4.88. The van der Waals surface area contributed by atoms with Crippen LogP contribution in [0.1, 0.15) is 21.5 Å². The van der Waals surface area contributed by atoms with E-state index >= 15 is 0 Å². The highest BCUT2D eigenvalue weighted by Crippen LogP contribution is 2.43. The summed E-state index contributed by atoms with van der Waals surface area (Å²) in [5.41, 5.74) is 5.27. The highest BCUT2D eigenvalue weighted by atomic mass is 35.5. The van der Waals surface area contributed by atoms with E-state index in [1.165, 1.54) is 12.1 Å². The van der Waals surface area contributed by atoms with Crippen LogP contribution in [0.3, 0.4) is 0 Å². The number of hydrogen-bond acceptors (Lipinski definition) is 6. The average Bonchev–Trinajstić information content (AvgIpc) is 3.29. The maximum Gasteiger partial charge on any atom is 0.416 e. The number of anilines is 2. The second kappa shape index (κ2) is 10.9. The van der Waals surface area contributed by atoms with Gasteiger partial charge in [0.2, 0.25) is 0 Å². The van der Waals surface area contributed by atoms with Crippen molar-refractivity contribution in [3.8, 4) is 11.5 Å². The predicted molar refractivity (Wildman–Crippen MR) is 137 cm³/mol. The van der Waals surface area contributed by atoms with Crippen LogP contribution in [0.5, 0.6) is 11.5 Å². The molecule has 210 valence electrons. The van der Waals surface area contributed by atoms with Crippen LogP contribution in [0.25, 0.3) is 10.9 Å². The molecule has 3 aromatic carbocycles. The minimum Gasteiger partial charge on any atom is -0.453 e. The Bertz CT molecular complexity index is 1590. The summed E-state index contributed by atoms with van der Waals surface area (Å²) in [5, 5.41) is 9.64. The van der Waals surface area contributed by atoms with Gasteiger partial charge in [0.25, 0.3) is 5.91 Å². The van der Waals surface area contributed by atoms with Gasteiger partial charge in [-0.15, -0.1) is 0 Å². The second-order valence-corrected chi connectivity index (χ2v) is 9.42. The van der Waals surface area contributed by atoms with Gasteiger partial charge in [-0.2, -0.15) is 18.3 Å². The number of benzene rings is 3. The minimum absolute atomic E-state index is 0.0260. The molecule has 8 nitrogen and oxygen atoms in total. The van der Waals surface area contributed by atoms with Gasteiger partial charge in [-0.25, -0.2) is 8.78 Å². The summed E-state index contributed by atoms with van der Waals surface area (Å²) in [4.78, 5) is 15.2. The number of carbonyl (C=O) groups excluding carboxylic acids is 1. The highest BCUT2D eigenvalue weighted by Gasteiger charge is 2.32. The van der Waals surface area contributed by atoms with Gasteiger partial charge in [0.15, 0.2) is 11.6 Å². The van der Waals surface area contributed by atoms with Crippen LogP contribution in [0.2, 0.25) is 5.02 Å². The van der Waals surface area contributed by atoms with Crippen molar-refractivity contribution < 1.29 is 36.2 Å². The first kappa shape index (κ1) is 27.6. The summed E-state index contributed by atoms with van der Waals surface area (Å²) in [6, 6.07) is 6.41. The van der Waals surface area contributed by atoms with Gasteiger partial charge in [-0.3, -0.25) is 14.8 Å². The number of fused-ring (bicyclic) bond motifs is 1. The van der Waals surface area contributed by atoms with Crippen LogP contribution < -0.4 is 15.8 Å². The van der Waals surface area contributed by atoms with E-state index in [2.05, 4.69) is 20.4 Å². The molecule has 0 spiro atoms. The molecule has 0 unspecified atom stereocenters. The summed E-state index contributed by atoms with van der Waals surface area (Å²) in [7, 11) is 0. The monoisotopic (exact) mass is 581 g/mol. The molecule has 4 N–H and O–H groups in total. The van der Waals surface area contributed by atoms with Crippen LogP contribution >= 0.6 is 11.6 Å². The summed E-state index contributed by atoms with van der Waals surface area (Å²) in [5.74, 6) is -3.21. The van der Waals surface area contributed by atoms with E-state index in [1.807, 2.05) is 0 Å². The number of nitrogens with two attached hydrogens (primary N) is 1. The Labute approximate surface area is 228 Å². The molecule has 0 radical (unpaired) electrons. The standard InChI is InChI=1S/C26H21ClF5N5O3/c27-18-2-1-16(28)11-20(18)40-23-19(34-25(38)13-7-15(26(30,31)32)10-17(29)8-13)9-14(12-37-3-5-39-6-4-37)22-21(23)24(33)36-35-22/h1-2,7-11H,3-6,12H2,(H,34,38)(H3,33,35,36). The molecule has 1 saturated heterocycles. The van der Waals surface area contributed by atoms with Crippen molar-refractivity contribution in [1.82, 2.24) is 15.1 Å². The van der Waals surface area contributed by atoms with Gasteiger partial charge in [0.1, 0.15) is 17.4 Å². The van der Waals surface area contributed by atoms with Crippen molar-refractivity contribution >= 4 is 39.9 Å². The van der Waals surface area contributed by atoms with Gasteiger partial charge >= 0.3 is 6.18 Å². The second-order valence-electron chi connectivity index (χ2n) is 9.02. The van der Waals surface area contributed by atoms with Crippen molar-refractivity contribution in [2.45, 2.75) is 12.7 Å². The molecule has 0 bridgehead atoms. The first-order chi connectivity index (χ1) is 19.0. The molecule has 1 fully saturated rings. The van der Waals surface area contributed by atoms with Crippen LogP contribution in [-0.4, -0.2) is 47.3 Å². The number of carbonyl (C=O) groups is 1. The Morgan fingerprint density at radius 2 is 1.88 bits per heavy atom. The third kappa shape index (κ3) is 5.81. The molecule has 1 aromatic heterocycles. The van der Waals surface area contributed by atoms with Crippen molar-refractivity contribution in [3.63, 3.8) is 0 Å². The first-order valence-corrected chi connectivity index (χ1v) is 12.3. The molecule has 40 heavy (non-hydrogen) atoms. The third-order valence-corrected chi connectivity index (χ3v) is 6.56. The normalized spacial score (nSPS) is 14.4. The van der Waals surface area contributed by atoms with E-state index in [0.29, 0.717) is 56.1 Å². The predicted octanol–water partition coefficient (Wildman–Crippen LogP) is 5.97. The fourth-order valence-electron chi connectivity index (χ4n) is 4.33. The molecule has 0 saturated carbocycles. The number of aromatic nitrogens is 2.